The molecule has 0 aliphatic carbocycles. The maximum absolute atomic E-state index is 3.69. The van der Waals surface area contributed by atoms with E-state index in [-0.39, 0.29) is 0 Å². The van der Waals surface area contributed by atoms with Gasteiger partial charge in [0.15, 0.2) is 0 Å². The second kappa shape index (κ2) is 9.84. The molecule has 3 heteroatoms. The van der Waals surface area contributed by atoms with Crippen LogP contribution in [0.15, 0.2) is 33.6 Å². The van der Waals surface area contributed by atoms with E-state index in [1.54, 1.807) is 0 Å². The molecule has 1 aromatic carbocycles. The van der Waals surface area contributed by atoms with Crippen molar-refractivity contribution in [1.29, 1.82) is 0 Å². The summed E-state index contributed by atoms with van der Waals surface area (Å²) in [6.45, 7) is 7.98. The monoisotopic (exact) mass is 343 g/mol. The van der Waals surface area contributed by atoms with Gasteiger partial charge < -0.3 is 5.32 Å². The summed E-state index contributed by atoms with van der Waals surface area (Å²) in [6.07, 6.45) is 3.74. The summed E-state index contributed by atoms with van der Waals surface area (Å²) in [7, 11) is 0. The van der Waals surface area contributed by atoms with Crippen LogP contribution in [0.1, 0.15) is 40.0 Å². The molecule has 0 spiro atoms. The highest BCUT2D eigenvalue weighted by Crippen LogP contribution is 2.28. The van der Waals surface area contributed by atoms with Crippen molar-refractivity contribution in [1.82, 2.24) is 5.32 Å². The van der Waals surface area contributed by atoms with Gasteiger partial charge in [0, 0.05) is 21.2 Å². The highest BCUT2D eigenvalue weighted by atomic mass is 79.9. The fourth-order valence-electron chi connectivity index (χ4n) is 1.96. The number of nitrogens with one attached hydrogen (secondary N) is 1. The van der Waals surface area contributed by atoms with Crippen molar-refractivity contribution in [2.24, 2.45) is 5.92 Å². The molecule has 108 valence electrons. The molecule has 0 radical (unpaired) electrons. The molecule has 1 N–H and O–H groups in total. The summed E-state index contributed by atoms with van der Waals surface area (Å²) in [5.74, 6) is 1.95. The van der Waals surface area contributed by atoms with E-state index in [0.717, 1.165) is 18.2 Å². The smallest absolute Gasteiger partial charge is 0.0311 e. The van der Waals surface area contributed by atoms with Gasteiger partial charge in [0.1, 0.15) is 0 Å². The zero-order chi connectivity index (χ0) is 14.1. The number of halogens is 1. The van der Waals surface area contributed by atoms with Crippen LogP contribution in [0.3, 0.4) is 0 Å². The van der Waals surface area contributed by atoms with Crippen LogP contribution in [-0.4, -0.2) is 18.3 Å². The van der Waals surface area contributed by atoms with Crippen molar-refractivity contribution in [2.75, 3.05) is 12.3 Å². The predicted molar refractivity (Wildman–Crippen MR) is 91.0 cm³/mol. The Bertz CT molecular complexity index is 356. The van der Waals surface area contributed by atoms with E-state index < -0.39 is 0 Å². The summed E-state index contributed by atoms with van der Waals surface area (Å²) in [6, 6.07) is 9.10. The van der Waals surface area contributed by atoms with Crippen LogP contribution in [0.2, 0.25) is 0 Å². The molecule has 0 saturated carbocycles. The molecule has 0 fully saturated rings. The number of benzene rings is 1. The average Bonchev–Trinajstić information content (AvgIpc) is 2.43. The van der Waals surface area contributed by atoms with Crippen molar-refractivity contribution in [3.63, 3.8) is 0 Å². The van der Waals surface area contributed by atoms with Crippen LogP contribution < -0.4 is 5.32 Å². The van der Waals surface area contributed by atoms with Crippen LogP contribution >= 0.6 is 27.7 Å². The molecule has 1 rings (SSSR count). The minimum atomic E-state index is 0.618. The first-order valence-electron chi connectivity index (χ1n) is 7.28. The Morgan fingerprint density at radius 3 is 2.63 bits per heavy atom. The molecule has 2 atom stereocenters. The highest BCUT2D eigenvalue weighted by Gasteiger charge is 2.12. The number of rotatable bonds is 9. The van der Waals surface area contributed by atoms with E-state index in [2.05, 4.69) is 66.3 Å². The van der Waals surface area contributed by atoms with Gasteiger partial charge in [-0.25, -0.2) is 0 Å². The highest BCUT2D eigenvalue weighted by molar-refractivity contribution is 9.10. The Balaban J connectivity index is 2.49. The van der Waals surface area contributed by atoms with Crippen LogP contribution in [0.5, 0.6) is 0 Å². The van der Waals surface area contributed by atoms with E-state index in [1.165, 1.54) is 28.6 Å². The maximum Gasteiger partial charge on any atom is 0.0311 e. The molecule has 19 heavy (non-hydrogen) atoms. The first-order valence-corrected chi connectivity index (χ1v) is 9.05. The number of hydrogen-bond acceptors (Lipinski definition) is 2. The van der Waals surface area contributed by atoms with E-state index in [1.807, 2.05) is 11.8 Å². The Kier molecular flexibility index (Phi) is 8.84. The topological polar surface area (TPSA) is 12.0 Å². The lowest BCUT2D eigenvalue weighted by Gasteiger charge is -2.21. The molecule has 0 bridgehead atoms. The number of hydrogen-bond donors (Lipinski definition) is 1. The fraction of sp³-hybridized carbons (Fsp3) is 0.625. The molecule has 2 unspecified atom stereocenters. The average molecular weight is 344 g/mol. The van der Waals surface area contributed by atoms with Crippen molar-refractivity contribution < 1.29 is 0 Å². The Hall–Kier alpha value is 0.01000. The van der Waals surface area contributed by atoms with Gasteiger partial charge in [-0.1, -0.05) is 39.3 Å². The lowest BCUT2D eigenvalue weighted by atomic mass is 10.0. The minimum absolute atomic E-state index is 0.618. The molecular formula is C16H26BrNS. The molecule has 1 aromatic rings. The molecule has 0 aliphatic heterocycles. The van der Waals surface area contributed by atoms with Crippen LogP contribution in [0.4, 0.5) is 0 Å². The third-order valence-corrected chi connectivity index (χ3v) is 5.53. The fourth-order valence-corrected chi connectivity index (χ4v) is 3.61. The summed E-state index contributed by atoms with van der Waals surface area (Å²) in [5, 5.41) is 3.69. The lowest BCUT2D eigenvalue weighted by Crippen LogP contribution is -2.33. The Morgan fingerprint density at radius 2 is 2.00 bits per heavy atom. The van der Waals surface area contributed by atoms with Gasteiger partial charge in [0.05, 0.1) is 0 Å². The van der Waals surface area contributed by atoms with Gasteiger partial charge in [-0.15, -0.1) is 11.8 Å². The van der Waals surface area contributed by atoms with Crippen molar-refractivity contribution in [2.45, 2.75) is 51.0 Å². The SMILES string of the molecule is CCCNC(CSc1ccccc1Br)CC(C)CC. The third-order valence-electron chi connectivity index (χ3n) is 3.34. The van der Waals surface area contributed by atoms with Gasteiger partial charge in [0.2, 0.25) is 0 Å². The number of thioether (sulfide) groups is 1. The maximum atomic E-state index is 3.69. The quantitative estimate of drug-likeness (QED) is 0.607. The summed E-state index contributed by atoms with van der Waals surface area (Å²) in [5.41, 5.74) is 0. The van der Waals surface area contributed by atoms with Gasteiger partial charge in [-0.05, 0) is 53.4 Å². The molecule has 0 heterocycles. The Labute approximate surface area is 131 Å². The predicted octanol–water partition coefficient (Wildman–Crippen LogP) is 5.35. The molecule has 0 aliphatic rings. The minimum Gasteiger partial charge on any atom is -0.313 e. The van der Waals surface area contributed by atoms with Crippen molar-refractivity contribution >= 4 is 27.7 Å². The second-order valence-electron chi connectivity index (χ2n) is 5.14. The first kappa shape index (κ1) is 17.1. The van der Waals surface area contributed by atoms with Crippen LogP contribution in [0, 0.1) is 5.92 Å². The molecule has 0 saturated heterocycles. The lowest BCUT2D eigenvalue weighted by molar-refractivity contribution is 0.417. The molecule has 0 amide bonds. The van der Waals surface area contributed by atoms with Gasteiger partial charge in [-0.3, -0.25) is 0 Å². The van der Waals surface area contributed by atoms with E-state index in [9.17, 15) is 0 Å². The summed E-state index contributed by atoms with van der Waals surface area (Å²) < 4.78 is 1.21. The van der Waals surface area contributed by atoms with Crippen LogP contribution in [0.25, 0.3) is 0 Å². The van der Waals surface area contributed by atoms with Crippen molar-refractivity contribution in [3.05, 3.63) is 28.7 Å². The molecular weight excluding hydrogens is 318 g/mol. The van der Waals surface area contributed by atoms with E-state index in [0.29, 0.717) is 6.04 Å². The third kappa shape index (κ3) is 6.82. The van der Waals surface area contributed by atoms with Gasteiger partial charge >= 0.3 is 0 Å². The summed E-state index contributed by atoms with van der Waals surface area (Å²) >= 11 is 5.57. The zero-order valence-electron chi connectivity index (χ0n) is 12.3. The van der Waals surface area contributed by atoms with Crippen LogP contribution in [-0.2, 0) is 0 Å². The summed E-state index contributed by atoms with van der Waals surface area (Å²) in [4.78, 5) is 1.34. The van der Waals surface area contributed by atoms with E-state index >= 15 is 0 Å². The zero-order valence-corrected chi connectivity index (χ0v) is 14.7. The van der Waals surface area contributed by atoms with E-state index in [4.69, 9.17) is 0 Å². The first-order chi connectivity index (χ1) is 9.17. The standard InChI is InChI=1S/C16H26BrNS/c1-4-10-18-14(11-13(3)5-2)12-19-16-9-7-6-8-15(16)17/h6-9,13-14,18H,4-5,10-12H2,1-3H3. The molecule has 1 nitrogen and oxygen atoms in total. The second-order valence-corrected chi connectivity index (χ2v) is 7.06. The normalized spacial score (nSPS) is 14.3. The molecule has 0 aromatic heterocycles. The van der Waals surface area contributed by atoms with Gasteiger partial charge in [-0.2, -0.15) is 0 Å². The largest absolute Gasteiger partial charge is 0.313 e. The Morgan fingerprint density at radius 1 is 1.26 bits per heavy atom. The van der Waals surface area contributed by atoms with Crippen molar-refractivity contribution in [3.8, 4) is 0 Å². The van der Waals surface area contributed by atoms with Gasteiger partial charge in [0.25, 0.3) is 0 Å².